The summed E-state index contributed by atoms with van der Waals surface area (Å²) in [6.45, 7) is 2.67. The molecule has 6 heteroatoms. The number of halogens is 1. The van der Waals surface area contributed by atoms with E-state index in [0.29, 0.717) is 27.9 Å². The van der Waals surface area contributed by atoms with E-state index in [9.17, 15) is 4.79 Å². The van der Waals surface area contributed by atoms with Gasteiger partial charge in [0.15, 0.2) is 0 Å². The number of hydrogen-bond donors (Lipinski definition) is 1. The number of hydrogen-bond acceptors (Lipinski definition) is 4. The van der Waals surface area contributed by atoms with Gasteiger partial charge in [-0.15, -0.1) is 11.3 Å². The predicted octanol–water partition coefficient (Wildman–Crippen LogP) is 4.30. The second-order valence-corrected chi connectivity index (χ2v) is 5.87. The van der Waals surface area contributed by atoms with Crippen LogP contribution >= 0.6 is 22.9 Å². The van der Waals surface area contributed by atoms with Crippen molar-refractivity contribution in [2.75, 3.05) is 13.7 Å². The van der Waals surface area contributed by atoms with E-state index in [2.05, 4.69) is 10.3 Å². The third-order valence-electron chi connectivity index (χ3n) is 2.94. The van der Waals surface area contributed by atoms with Gasteiger partial charge in [0.25, 0.3) is 5.91 Å². The van der Waals surface area contributed by atoms with Gasteiger partial charge in [-0.3, -0.25) is 4.79 Å². The van der Waals surface area contributed by atoms with Gasteiger partial charge in [0.1, 0.15) is 10.8 Å². The highest BCUT2D eigenvalue weighted by Crippen LogP contribution is 2.28. The number of nitrogens with zero attached hydrogens (tertiary/aromatic N) is 1. The molecular weight excluding hydrogens is 320 g/mol. The Kier molecular flexibility index (Phi) is 5.98. The lowest BCUT2D eigenvalue weighted by Gasteiger charge is -2.05. The van der Waals surface area contributed by atoms with Crippen LogP contribution in [0, 0.1) is 0 Å². The average Bonchev–Trinajstić information content (AvgIpc) is 2.99. The Morgan fingerprint density at radius 1 is 1.45 bits per heavy atom. The molecule has 0 bridgehead atoms. The summed E-state index contributed by atoms with van der Waals surface area (Å²) in [6.07, 6.45) is 2.56. The fourth-order valence-electron chi connectivity index (χ4n) is 1.84. The Morgan fingerprint density at radius 2 is 2.27 bits per heavy atom. The highest BCUT2D eigenvalue weighted by atomic mass is 35.5. The lowest BCUT2D eigenvalue weighted by molar-refractivity contribution is 0.0955. The monoisotopic (exact) mass is 336 g/mol. The Balaban J connectivity index is 2.23. The molecule has 2 rings (SSSR count). The van der Waals surface area contributed by atoms with Crippen molar-refractivity contribution in [2.24, 2.45) is 4.99 Å². The van der Waals surface area contributed by atoms with E-state index in [1.807, 2.05) is 12.3 Å². The maximum atomic E-state index is 12.0. The van der Waals surface area contributed by atoms with E-state index >= 15 is 0 Å². The van der Waals surface area contributed by atoms with E-state index in [0.717, 1.165) is 12.0 Å². The van der Waals surface area contributed by atoms with Crippen LogP contribution in [0.15, 0.2) is 34.6 Å². The molecule has 1 N–H and O–H groups in total. The second kappa shape index (κ2) is 7.96. The van der Waals surface area contributed by atoms with E-state index in [4.69, 9.17) is 16.3 Å². The number of aliphatic imine (C=N–C) groups is 1. The summed E-state index contributed by atoms with van der Waals surface area (Å²) in [6, 6.07) is 7.09. The molecule has 0 aliphatic heterocycles. The van der Waals surface area contributed by atoms with Crippen molar-refractivity contribution in [3.8, 4) is 5.75 Å². The van der Waals surface area contributed by atoms with E-state index in [1.54, 1.807) is 37.6 Å². The van der Waals surface area contributed by atoms with Crippen LogP contribution in [0.5, 0.6) is 5.75 Å². The minimum Gasteiger partial charge on any atom is -0.496 e. The first-order valence-corrected chi connectivity index (χ1v) is 8.14. The normalized spacial score (nSPS) is 10.9. The van der Waals surface area contributed by atoms with Crippen LogP contribution in [-0.4, -0.2) is 25.8 Å². The summed E-state index contributed by atoms with van der Waals surface area (Å²) in [4.78, 5) is 16.5. The average molecular weight is 337 g/mol. The molecular formula is C16H17ClN2O2S. The molecule has 1 aromatic carbocycles. The van der Waals surface area contributed by atoms with Gasteiger partial charge in [-0.2, -0.15) is 0 Å². The summed E-state index contributed by atoms with van der Waals surface area (Å²) >= 11 is 7.41. The SMILES string of the molecule is CCCNC(=O)c1ccsc1/N=C/c1cc(Cl)ccc1OC. The van der Waals surface area contributed by atoms with Crippen LogP contribution in [0.4, 0.5) is 5.00 Å². The topological polar surface area (TPSA) is 50.7 Å². The summed E-state index contributed by atoms with van der Waals surface area (Å²) in [5.41, 5.74) is 1.35. The first kappa shape index (κ1) is 16.5. The smallest absolute Gasteiger partial charge is 0.254 e. The van der Waals surface area contributed by atoms with Gasteiger partial charge in [-0.05, 0) is 36.1 Å². The maximum absolute atomic E-state index is 12.0. The summed E-state index contributed by atoms with van der Waals surface area (Å²) in [5, 5.41) is 5.97. The van der Waals surface area contributed by atoms with Crippen LogP contribution in [0.3, 0.4) is 0 Å². The van der Waals surface area contributed by atoms with Crippen LogP contribution in [0.25, 0.3) is 0 Å². The quantitative estimate of drug-likeness (QED) is 0.799. The third-order valence-corrected chi connectivity index (χ3v) is 3.99. The Hall–Kier alpha value is -1.85. The van der Waals surface area contributed by atoms with Crippen molar-refractivity contribution in [2.45, 2.75) is 13.3 Å². The zero-order valence-electron chi connectivity index (χ0n) is 12.4. The minimum absolute atomic E-state index is 0.103. The van der Waals surface area contributed by atoms with Crippen LogP contribution in [-0.2, 0) is 0 Å². The number of methoxy groups -OCH3 is 1. The molecule has 0 aliphatic rings. The Bertz CT molecular complexity index is 683. The van der Waals surface area contributed by atoms with Crippen LogP contribution in [0.1, 0.15) is 29.3 Å². The summed E-state index contributed by atoms with van der Waals surface area (Å²) in [5.74, 6) is 0.579. The van der Waals surface area contributed by atoms with Crippen LogP contribution < -0.4 is 10.1 Å². The number of amides is 1. The van der Waals surface area contributed by atoms with E-state index < -0.39 is 0 Å². The van der Waals surface area contributed by atoms with Gasteiger partial charge >= 0.3 is 0 Å². The zero-order chi connectivity index (χ0) is 15.9. The van der Waals surface area contributed by atoms with Gasteiger partial charge in [0.2, 0.25) is 0 Å². The second-order valence-electron chi connectivity index (χ2n) is 4.54. The Labute approximate surface area is 138 Å². The van der Waals surface area contributed by atoms with Crippen molar-refractivity contribution in [3.63, 3.8) is 0 Å². The molecule has 2 aromatic rings. The lowest BCUT2D eigenvalue weighted by atomic mass is 10.2. The van der Waals surface area contributed by atoms with Crippen molar-refractivity contribution in [1.29, 1.82) is 0 Å². The molecule has 0 spiro atoms. The fourth-order valence-corrected chi connectivity index (χ4v) is 2.76. The van der Waals surface area contributed by atoms with Crippen molar-refractivity contribution >= 4 is 40.1 Å². The van der Waals surface area contributed by atoms with Gasteiger partial charge in [-0.25, -0.2) is 4.99 Å². The number of carbonyl (C=O) groups is 1. The van der Waals surface area contributed by atoms with Gasteiger partial charge in [0.05, 0.1) is 12.7 Å². The summed E-state index contributed by atoms with van der Waals surface area (Å²) in [7, 11) is 1.59. The molecule has 0 saturated heterocycles. The molecule has 4 nitrogen and oxygen atoms in total. The molecule has 0 saturated carbocycles. The number of rotatable bonds is 6. The van der Waals surface area contributed by atoms with Crippen LogP contribution in [0.2, 0.25) is 5.02 Å². The maximum Gasteiger partial charge on any atom is 0.254 e. The van der Waals surface area contributed by atoms with Crippen molar-refractivity contribution < 1.29 is 9.53 Å². The largest absolute Gasteiger partial charge is 0.496 e. The molecule has 1 aromatic heterocycles. The zero-order valence-corrected chi connectivity index (χ0v) is 14.0. The predicted molar refractivity (Wildman–Crippen MR) is 92.2 cm³/mol. The summed E-state index contributed by atoms with van der Waals surface area (Å²) < 4.78 is 5.28. The van der Waals surface area contributed by atoms with E-state index in [1.165, 1.54) is 11.3 Å². The molecule has 1 amide bonds. The number of benzene rings is 1. The molecule has 116 valence electrons. The molecule has 0 aliphatic carbocycles. The fraction of sp³-hybridized carbons (Fsp3) is 0.250. The lowest BCUT2D eigenvalue weighted by Crippen LogP contribution is -2.23. The van der Waals surface area contributed by atoms with Crippen molar-refractivity contribution in [3.05, 3.63) is 45.8 Å². The highest BCUT2D eigenvalue weighted by molar-refractivity contribution is 7.14. The van der Waals surface area contributed by atoms with Gasteiger partial charge in [-0.1, -0.05) is 18.5 Å². The molecule has 0 radical (unpaired) electrons. The molecule has 22 heavy (non-hydrogen) atoms. The molecule has 1 heterocycles. The Morgan fingerprint density at radius 3 is 3.00 bits per heavy atom. The molecule has 0 atom stereocenters. The van der Waals surface area contributed by atoms with Gasteiger partial charge < -0.3 is 10.1 Å². The first-order valence-electron chi connectivity index (χ1n) is 6.89. The van der Waals surface area contributed by atoms with Crippen molar-refractivity contribution in [1.82, 2.24) is 5.32 Å². The number of carbonyl (C=O) groups excluding carboxylic acids is 1. The number of nitrogens with one attached hydrogen (secondary N) is 1. The number of ether oxygens (including phenoxy) is 1. The molecule has 0 unspecified atom stereocenters. The first-order chi connectivity index (χ1) is 10.7. The minimum atomic E-state index is -0.103. The standard InChI is InChI=1S/C16H17ClN2O2S/c1-3-7-18-15(20)13-6-8-22-16(13)19-10-11-9-12(17)4-5-14(11)21-2/h4-6,8-10H,3,7H2,1-2H3,(H,18,20)/b19-10+. The van der Waals surface area contributed by atoms with E-state index in [-0.39, 0.29) is 5.91 Å². The highest BCUT2D eigenvalue weighted by Gasteiger charge is 2.11. The number of thiophene rings is 1. The third kappa shape index (κ3) is 4.08. The molecule has 0 fully saturated rings. The van der Waals surface area contributed by atoms with Gasteiger partial charge in [0, 0.05) is 23.3 Å².